The van der Waals surface area contributed by atoms with Crippen LogP contribution in [0.1, 0.15) is 18.9 Å². The second-order valence-electron chi connectivity index (χ2n) is 3.93. The number of benzene rings is 1. The van der Waals surface area contributed by atoms with Crippen LogP contribution in [0.4, 0.5) is 5.95 Å². The number of aromatic nitrogens is 3. The summed E-state index contributed by atoms with van der Waals surface area (Å²) in [5.41, 5.74) is 2.68. The molecule has 1 heterocycles. The van der Waals surface area contributed by atoms with E-state index in [0.29, 0.717) is 17.9 Å². The van der Waals surface area contributed by atoms with Crippen molar-refractivity contribution in [3.05, 3.63) is 29.8 Å². The Bertz CT molecular complexity index is 655. The number of nitrogen functional groups attached to an aromatic ring is 1. The van der Waals surface area contributed by atoms with Crippen LogP contribution in [0.15, 0.2) is 24.3 Å². The highest BCUT2D eigenvalue weighted by Crippen LogP contribution is 2.23. The van der Waals surface area contributed by atoms with Gasteiger partial charge in [0.15, 0.2) is 0 Å². The lowest BCUT2D eigenvalue weighted by Gasteiger charge is -2.08. The quantitative estimate of drug-likeness (QED) is 0.607. The Labute approximate surface area is 121 Å². The van der Waals surface area contributed by atoms with Crippen molar-refractivity contribution in [1.29, 1.82) is 5.26 Å². The first kappa shape index (κ1) is 14.5. The molecule has 21 heavy (non-hydrogen) atoms. The lowest BCUT2D eigenvalue weighted by molar-refractivity contribution is 0.285. The third-order valence-corrected chi connectivity index (χ3v) is 2.37. The van der Waals surface area contributed by atoms with E-state index in [9.17, 15) is 0 Å². The van der Waals surface area contributed by atoms with Crippen molar-refractivity contribution in [3.8, 4) is 23.8 Å². The minimum absolute atomic E-state index is 0.00764. The van der Waals surface area contributed by atoms with Gasteiger partial charge in [0.05, 0.1) is 12.2 Å². The summed E-state index contributed by atoms with van der Waals surface area (Å²) < 4.78 is 10.8. The Hall–Kier alpha value is -2.92. The fraction of sp³-hybridized carbons (Fsp3) is 0.231. The van der Waals surface area contributed by atoms with Gasteiger partial charge < -0.3 is 9.47 Å². The lowest BCUT2D eigenvalue weighted by Crippen LogP contribution is -2.13. The van der Waals surface area contributed by atoms with Gasteiger partial charge in [-0.15, -0.1) is 4.98 Å². The number of nitriles is 1. The van der Waals surface area contributed by atoms with Gasteiger partial charge >= 0.3 is 12.0 Å². The number of nitrogens with two attached hydrogens (primary N) is 1. The molecule has 0 fully saturated rings. The summed E-state index contributed by atoms with van der Waals surface area (Å²) in [6, 6.07) is 8.88. The minimum atomic E-state index is -0.00764. The summed E-state index contributed by atoms with van der Waals surface area (Å²) in [7, 11) is 0. The number of hydrazine groups is 1. The summed E-state index contributed by atoms with van der Waals surface area (Å²) in [4.78, 5) is 11.9. The SMILES string of the molecule is CCCOc1nc(NN)nc(Oc2ccccc2C#N)n1. The molecule has 3 N–H and O–H groups in total. The Morgan fingerprint density at radius 1 is 1.24 bits per heavy atom. The zero-order valence-corrected chi connectivity index (χ0v) is 11.4. The molecule has 0 aliphatic heterocycles. The molecular formula is C13H14N6O2. The second-order valence-corrected chi connectivity index (χ2v) is 3.93. The van der Waals surface area contributed by atoms with Gasteiger partial charge in [-0.1, -0.05) is 19.1 Å². The normalized spacial score (nSPS) is 9.76. The molecule has 1 aromatic heterocycles. The molecule has 0 radical (unpaired) electrons. The summed E-state index contributed by atoms with van der Waals surface area (Å²) in [5, 5.41) is 9.03. The molecule has 8 heteroatoms. The third-order valence-electron chi connectivity index (χ3n) is 2.37. The van der Waals surface area contributed by atoms with Gasteiger partial charge in [0.25, 0.3) is 0 Å². The van der Waals surface area contributed by atoms with Crippen molar-refractivity contribution in [2.75, 3.05) is 12.0 Å². The first-order valence-corrected chi connectivity index (χ1v) is 6.29. The van der Waals surface area contributed by atoms with E-state index in [-0.39, 0.29) is 18.0 Å². The van der Waals surface area contributed by atoms with Gasteiger partial charge in [0.1, 0.15) is 11.8 Å². The van der Waals surface area contributed by atoms with E-state index in [4.69, 9.17) is 20.6 Å². The molecule has 0 spiro atoms. The van der Waals surface area contributed by atoms with E-state index in [1.165, 1.54) is 0 Å². The van der Waals surface area contributed by atoms with Crippen molar-refractivity contribution < 1.29 is 9.47 Å². The first-order chi connectivity index (χ1) is 10.3. The molecule has 0 aliphatic rings. The maximum Gasteiger partial charge on any atom is 0.330 e. The van der Waals surface area contributed by atoms with Crippen molar-refractivity contribution in [1.82, 2.24) is 15.0 Å². The monoisotopic (exact) mass is 286 g/mol. The number of hydrogen-bond donors (Lipinski definition) is 2. The van der Waals surface area contributed by atoms with Gasteiger partial charge in [0, 0.05) is 0 Å². The van der Waals surface area contributed by atoms with Crippen LogP contribution in [0.25, 0.3) is 0 Å². The summed E-state index contributed by atoms with van der Waals surface area (Å²) in [6.07, 6.45) is 0.810. The largest absolute Gasteiger partial charge is 0.463 e. The Kier molecular flexibility index (Phi) is 4.84. The number of nitrogens with one attached hydrogen (secondary N) is 1. The number of anilines is 1. The van der Waals surface area contributed by atoms with Gasteiger partial charge in [-0.2, -0.15) is 15.2 Å². The van der Waals surface area contributed by atoms with Crippen LogP contribution in [0.2, 0.25) is 0 Å². The number of ether oxygens (including phenoxy) is 2. The number of nitrogens with zero attached hydrogens (tertiary/aromatic N) is 4. The van der Waals surface area contributed by atoms with Crippen LogP contribution in [0.5, 0.6) is 17.8 Å². The maximum absolute atomic E-state index is 9.03. The van der Waals surface area contributed by atoms with Crippen molar-refractivity contribution >= 4 is 5.95 Å². The number of rotatable bonds is 6. The zero-order chi connectivity index (χ0) is 15.1. The van der Waals surface area contributed by atoms with Crippen molar-refractivity contribution in [2.45, 2.75) is 13.3 Å². The Morgan fingerprint density at radius 2 is 2.00 bits per heavy atom. The van der Waals surface area contributed by atoms with Crippen LogP contribution < -0.4 is 20.7 Å². The van der Waals surface area contributed by atoms with Gasteiger partial charge in [0.2, 0.25) is 5.95 Å². The van der Waals surface area contributed by atoms with E-state index >= 15 is 0 Å². The molecule has 108 valence electrons. The standard InChI is InChI=1S/C13H14N6O2/c1-2-7-20-12-16-11(19-15)17-13(18-12)21-10-6-4-3-5-9(10)8-14/h3-6H,2,7,15H2,1H3,(H,16,17,18,19). The van der Waals surface area contributed by atoms with E-state index < -0.39 is 0 Å². The lowest BCUT2D eigenvalue weighted by atomic mass is 10.2. The van der Waals surface area contributed by atoms with Crippen LogP contribution in [0, 0.1) is 11.3 Å². The summed E-state index contributed by atoms with van der Waals surface area (Å²) >= 11 is 0. The van der Waals surface area contributed by atoms with E-state index in [1.807, 2.05) is 13.0 Å². The average Bonchev–Trinajstić information content (AvgIpc) is 2.53. The van der Waals surface area contributed by atoms with E-state index in [2.05, 4.69) is 20.4 Å². The molecule has 0 amide bonds. The van der Waals surface area contributed by atoms with Crippen LogP contribution in [-0.2, 0) is 0 Å². The fourth-order valence-electron chi connectivity index (χ4n) is 1.45. The van der Waals surface area contributed by atoms with Crippen LogP contribution >= 0.6 is 0 Å². The molecule has 0 bridgehead atoms. The van der Waals surface area contributed by atoms with Gasteiger partial charge in [-0.3, -0.25) is 5.43 Å². The molecule has 0 saturated heterocycles. The fourth-order valence-corrected chi connectivity index (χ4v) is 1.45. The highest BCUT2D eigenvalue weighted by atomic mass is 16.5. The van der Waals surface area contributed by atoms with E-state index in [1.54, 1.807) is 24.3 Å². The van der Waals surface area contributed by atoms with Crippen molar-refractivity contribution in [3.63, 3.8) is 0 Å². The maximum atomic E-state index is 9.03. The predicted octanol–water partition coefficient (Wildman–Crippen LogP) is 1.61. The topological polar surface area (TPSA) is 119 Å². The van der Waals surface area contributed by atoms with E-state index in [0.717, 1.165) is 6.42 Å². The highest BCUT2D eigenvalue weighted by Gasteiger charge is 2.11. The number of hydrogen-bond acceptors (Lipinski definition) is 8. The third kappa shape index (κ3) is 3.77. The summed E-state index contributed by atoms with van der Waals surface area (Å²) in [6.45, 7) is 2.42. The molecule has 0 atom stereocenters. The second kappa shape index (κ2) is 7.02. The van der Waals surface area contributed by atoms with Crippen molar-refractivity contribution in [2.24, 2.45) is 5.84 Å². The van der Waals surface area contributed by atoms with Gasteiger partial charge in [-0.05, 0) is 18.6 Å². The molecule has 0 saturated carbocycles. The first-order valence-electron chi connectivity index (χ1n) is 6.29. The number of para-hydroxylation sites is 1. The van der Waals surface area contributed by atoms with Crippen LogP contribution in [0.3, 0.4) is 0 Å². The molecule has 2 rings (SSSR count). The Morgan fingerprint density at radius 3 is 2.71 bits per heavy atom. The molecule has 0 aliphatic carbocycles. The average molecular weight is 286 g/mol. The Balaban J connectivity index is 2.28. The van der Waals surface area contributed by atoms with Crippen LogP contribution in [-0.4, -0.2) is 21.6 Å². The van der Waals surface area contributed by atoms with Gasteiger partial charge in [-0.25, -0.2) is 5.84 Å². The summed E-state index contributed by atoms with van der Waals surface area (Å²) in [5.74, 6) is 5.75. The smallest absolute Gasteiger partial charge is 0.330 e. The molecular weight excluding hydrogens is 272 g/mol. The highest BCUT2D eigenvalue weighted by molar-refractivity contribution is 5.44. The zero-order valence-electron chi connectivity index (χ0n) is 11.4. The molecule has 8 nitrogen and oxygen atoms in total. The molecule has 2 aromatic rings. The minimum Gasteiger partial charge on any atom is -0.463 e. The predicted molar refractivity (Wildman–Crippen MR) is 74.7 cm³/mol. The molecule has 1 aromatic carbocycles. The molecule has 0 unspecified atom stereocenters.